The molecule has 2 aromatic rings. The highest BCUT2D eigenvalue weighted by Crippen LogP contribution is 2.50. The monoisotopic (exact) mass is 477 g/mol. The highest BCUT2D eigenvalue weighted by molar-refractivity contribution is 8.01. The van der Waals surface area contributed by atoms with Gasteiger partial charge in [-0.3, -0.25) is 9.59 Å². The number of carbonyl (C=O) groups is 2. The summed E-state index contributed by atoms with van der Waals surface area (Å²) in [5, 5.41) is 7.30. The normalized spacial score (nSPS) is 18.7. The molecule has 0 spiro atoms. The highest BCUT2D eigenvalue weighted by atomic mass is 35.5. The smallest absolute Gasteiger partial charge is 0.307 e. The number of nitrogens with one attached hydrogen (secondary N) is 2. The lowest BCUT2D eigenvalue weighted by Gasteiger charge is -2.23. The standard InChI is InChI=1S/C22H24ClN3O5S/c1-12(27)25-26-22-18(11-19(28)30-3)32-21(15-10-13(23)8-9-16(15)24-22)14-6-5-7-17(29-2)20(14)31-4/h5-10,18,21H,11H2,1-4H3,(H,24,26)(H,25,27)/t18-,21-/m0/s1. The molecule has 0 unspecified atom stereocenters. The number of amides is 1. The summed E-state index contributed by atoms with van der Waals surface area (Å²) >= 11 is 7.81. The number of esters is 1. The van der Waals surface area contributed by atoms with E-state index in [1.807, 2.05) is 30.3 Å². The van der Waals surface area contributed by atoms with Gasteiger partial charge in [-0.05, 0) is 29.8 Å². The summed E-state index contributed by atoms with van der Waals surface area (Å²) in [7, 11) is 4.49. The summed E-state index contributed by atoms with van der Waals surface area (Å²) in [6.07, 6.45) is 0.0388. The van der Waals surface area contributed by atoms with Crippen LogP contribution in [0.3, 0.4) is 0 Å². The van der Waals surface area contributed by atoms with E-state index in [0.717, 1.165) is 16.8 Å². The molecule has 0 aromatic heterocycles. The van der Waals surface area contributed by atoms with Crippen LogP contribution in [0.4, 0.5) is 5.69 Å². The van der Waals surface area contributed by atoms with Crippen molar-refractivity contribution in [2.75, 3.05) is 26.6 Å². The van der Waals surface area contributed by atoms with Crippen molar-refractivity contribution in [3.8, 4) is 11.5 Å². The molecule has 170 valence electrons. The molecule has 1 amide bonds. The molecule has 0 bridgehead atoms. The Morgan fingerprint density at radius 3 is 2.59 bits per heavy atom. The van der Waals surface area contributed by atoms with E-state index >= 15 is 0 Å². The van der Waals surface area contributed by atoms with E-state index < -0.39 is 11.2 Å². The van der Waals surface area contributed by atoms with Crippen LogP contribution in [-0.4, -0.2) is 44.3 Å². The van der Waals surface area contributed by atoms with Gasteiger partial charge in [0, 0.05) is 23.2 Å². The Bertz CT molecular complexity index is 1050. The summed E-state index contributed by atoms with van der Waals surface area (Å²) < 4.78 is 16.1. The predicted octanol–water partition coefficient (Wildman–Crippen LogP) is 3.99. The lowest BCUT2D eigenvalue weighted by Crippen LogP contribution is -2.30. The van der Waals surface area contributed by atoms with Gasteiger partial charge in [-0.15, -0.1) is 11.8 Å². The van der Waals surface area contributed by atoms with Crippen LogP contribution in [0.5, 0.6) is 11.5 Å². The number of methoxy groups -OCH3 is 3. The van der Waals surface area contributed by atoms with Gasteiger partial charge in [0.25, 0.3) is 0 Å². The SMILES string of the molecule is COC(=O)C[C@@H]1S[C@@H](c2cccc(OC)c2OC)c2cc(Cl)ccc2N/C1=N\NC(C)=O. The second-order valence-corrected chi connectivity index (χ2v) is 8.64. The van der Waals surface area contributed by atoms with Gasteiger partial charge in [-0.1, -0.05) is 23.7 Å². The number of hydrogen-bond acceptors (Lipinski definition) is 7. The average Bonchev–Trinajstić information content (AvgIpc) is 2.93. The molecule has 0 radical (unpaired) electrons. The predicted molar refractivity (Wildman–Crippen MR) is 126 cm³/mol. The molecule has 8 nitrogen and oxygen atoms in total. The molecule has 0 saturated carbocycles. The van der Waals surface area contributed by atoms with Crippen LogP contribution in [0.15, 0.2) is 41.5 Å². The van der Waals surface area contributed by atoms with Crippen LogP contribution in [0.2, 0.25) is 5.02 Å². The highest BCUT2D eigenvalue weighted by Gasteiger charge is 2.34. The van der Waals surface area contributed by atoms with Crippen LogP contribution < -0.4 is 20.2 Å². The van der Waals surface area contributed by atoms with Crippen LogP contribution >= 0.6 is 23.4 Å². The summed E-state index contributed by atoms with van der Waals surface area (Å²) in [6.45, 7) is 1.36. The van der Waals surface area contributed by atoms with E-state index in [9.17, 15) is 9.59 Å². The number of hydrogen-bond donors (Lipinski definition) is 2. The summed E-state index contributed by atoms with van der Waals surface area (Å²) in [5.74, 6) is 0.858. The summed E-state index contributed by atoms with van der Waals surface area (Å²) in [5.41, 5.74) is 4.91. The number of anilines is 1. The topological polar surface area (TPSA) is 98.2 Å². The second kappa shape index (κ2) is 10.6. The van der Waals surface area contributed by atoms with E-state index in [-0.39, 0.29) is 17.6 Å². The van der Waals surface area contributed by atoms with Gasteiger partial charge in [-0.25, -0.2) is 5.43 Å². The van der Waals surface area contributed by atoms with Crippen molar-refractivity contribution in [2.45, 2.75) is 23.8 Å². The number of amidine groups is 1. The number of nitrogens with zero attached hydrogens (tertiary/aromatic N) is 1. The third-order valence-corrected chi connectivity index (χ3v) is 6.53. The molecule has 32 heavy (non-hydrogen) atoms. The Balaban J connectivity index is 2.19. The molecular formula is C22H24ClN3O5S. The molecule has 10 heteroatoms. The number of fused-ring (bicyclic) bond motifs is 1. The van der Waals surface area contributed by atoms with Gasteiger partial charge in [0.2, 0.25) is 5.91 Å². The first-order valence-corrected chi connectivity index (χ1v) is 11.0. The first-order valence-electron chi connectivity index (χ1n) is 9.71. The molecule has 0 saturated heterocycles. The lowest BCUT2D eigenvalue weighted by atomic mass is 10.0. The van der Waals surface area contributed by atoms with Gasteiger partial charge >= 0.3 is 5.97 Å². The lowest BCUT2D eigenvalue weighted by molar-refractivity contribution is -0.140. The van der Waals surface area contributed by atoms with Crippen molar-refractivity contribution in [1.82, 2.24) is 5.43 Å². The largest absolute Gasteiger partial charge is 0.493 e. The average molecular weight is 478 g/mol. The molecule has 0 aliphatic carbocycles. The third kappa shape index (κ3) is 5.28. The fourth-order valence-electron chi connectivity index (χ4n) is 3.36. The third-order valence-electron chi connectivity index (χ3n) is 4.79. The van der Waals surface area contributed by atoms with Crippen LogP contribution in [-0.2, 0) is 14.3 Å². The fourth-order valence-corrected chi connectivity index (χ4v) is 5.02. The molecule has 2 atom stereocenters. The number of para-hydroxylation sites is 1. The van der Waals surface area contributed by atoms with Crippen molar-refractivity contribution in [3.05, 3.63) is 52.5 Å². The Hall–Kier alpha value is -2.91. The van der Waals surface area contributed by atoms with Crippen molar-refractivity contribution in [1.29, 1.82) is 0 Å². The molecule has 1 aliphatic heterocycles. The van der Waals surface area contributed by atoms with Gasteiger partial charge in [-0.2, -0.15) is 5.10 Å². The number of halogens is 1. The van der Waals surface area contributed by atoms with Crippen LogP contribution in [0.25, 0.3) is 0 Å². The van der Waals surface area contributed by atoms with E-state index in [2.05, 4.69) is 15.8 Å². The number of hydrazone groups is 1. The van der Waals surface area contributed by atoms with Gasteiger partial charge < -0.3 is 19.5 Å². The number of ether oxygens (including phenoxy) is 3. The molecule has 1 heterocycles. The van der Waals surface area contributed by atoms with Crippen molar-refractivity contribution < 1.29 is 23.8 Å². The van der Waals surface area contributed by atoms with E-state index in [0.29, 0.717) is 22.4 Å². The van der Waals surface area contributed by atoms with Crippen molar-refractivity contribution in [3.63, 3.8) is 0 Å². The fraction of sp³-hybridized carbons (Fsp3) is 0.318. The minimum atomic E-state index is -0.457. The maximum Gasteiger partial charge on any atom is 0.307 e. The minimum Gasteiger partial charge on any atom is -0.493 e. The van der Waals surface area contributed by atoms with E-state index in [1.165, 1.54) is 25.8 Å². The molecule has 0 fully saturated rings. The Morgan fingerprint density at radius 2 is 1.94 bits per heavy atom. The number of benzene rings is 2. The molecule has 2 aromatic carbocycles. The van der Waals surface area contributed by atoms with Crippen molar-refractivity contribution in [2.24, 2.45) is 5.10 Å². The van der Waals surface area contributed by atoms with Gasteiger partial charge in [0.05, 0.1) is 38.3 Å². The van der Waals surface area contributed by atoms with Gasteiger partial charge in [0.15, 0.2) is 11.5 Å². The number of rotatable bonds is 6. The Kier molecular flexibility index (Phi) is 7.87. The number of carbonyl (C=O) groups excluding carboxylic acids is 2. The maximum absolute atomic E-state index is 12.2. The first-order chi connectivity index (χ1) is 15.4. The maximum atomic E-state index is 12.2. The molecule has 3 rings (SSSR count). The molecular weight excluding hydrogens is 454 g/mol. The Morgan fingerprint density at radius 1 is 1.16 bits per heavy atom. The molecule has 2 N–H and O–H groups in total. The first kappa shape index (κ1) is 23.7. The van der Waals surface area contributed by atoms with Crippen molar-refractivity contribution >= 4 is 46.8 Å². The zero-order valence-electron chi connectivity index (χ0n) is 18.1. The minimum absolute atomic E-state index is 0.0388. The zero-order valence-corrected chi connectivity index (χ0v) is 19.7. The summed E-state index contributed by atoms with van der Waals surface area (Å²) in [6, 6.07) is 11.1. The van der Waals surface area contributed by atoms with Gasteiger partial charge in [0.1, 0.15) is 5.84 Å². The second-order valence-electron chi connectivity index (χ2n) is 6.89. The quantitative estimate of drug-likeness (QED) is 0.479. The summed E-state index contributed by atoms with van der Waals surface area (Å²) in [4.78, 5) is 23.7. The van der Waals surface area contributed by atoms with E-state index in [4.69, 9.17) is 25.8 Å². The Labute approximate surface area is 195 Å². The van der Waals surface area contributed by atoms with E-state index in [1.54, 1.807) is 20.3 Å². The number of thioether (sulfide) groups is 1. The molecule has 1 aliphatic rings. The van der Waals surface area contributed by atoms with Crippen LogP contribution in [0, 0.1) is 0 Å². The zero-order chi connectivity index (χ0) is 23.3. The van der Waals surface area contributed by atoms with Crippen LogP contribution in [0.1, 0.15) is 29.7 Å².